The summed E-state index contributed by atoms with van der Waals surface area (Å²) < 4.78 is 78.2. The molecule has 0 saturated carbocycles. The molecule has 1 aliphatic carbocycles. The van der Waals surface area contributed by atoms with Gasteiger partial charge in [-0.15, -0.1) is 0 Å². The van der Waals surface area contributed by atoms with E-state index in [1.807, 2.05) is 0 Å². The zero-order chi connectivity index (χ0) is 57.4. The van der Waals surface area contributed by atoms with Gasteiger partial charge < -0.3 is 63.5 Å². The smallest absolute Gasteiger partial charge is 0.490 e. The fourth-order valence-corrected chi connectivity index (χ4v) is 11.9. The lowest BCUT2D eigenvalue weighted by Gasteiger charge is -2.31. The molecule has 3 aliphatic rings. The highest BCUT2D eigenvalue weighted by Crippen LogP contribution is 2.66. The number of anilines is 1. The Morgan fingerprint density at radius 1 is 1.00 bits per heavy atom. The second kappa shape index (κ2) is 22.9. The minimum absolute atomic E-state index is 0.00363. The van der Waals surface area contributed by atoms with Crippen molar-refractivity contribution in [2.24, 2.45) is 5.41 Å². The number of aromatic hydroxyl groups is 1. The van der Waals surface area contributed by atoms with E-state index in [4.69, 9.17) is 38.9 Å². The maximum atomic E-state index is 13.8. The third-order valence-corrected chi connectivity index (χ3v) is 16.0. The molecule has 0 amide bonds. The number of aliphatic hydroxyl groups is 1. The summed E-state index contributed by atoms with van der Waals surface area (Å²) in [6.07, 6.45) is -2.51. The van der Waals surface area contributed by atoms with Gasteiger partial charge in [0, 0.05) is 76.9 Å². The number of ether oxygens (including phenoxy) is 4. The molecule has 4 heterocycles. The number of carbonyl (C=O) groups excluding carboxylic acids is 2. The summed E-state index contributed by atoms with van der Waals surface area (Å²) in [5.41, 5.74) is 7.24. The number of phenolic OH excluding ortho intramolecular Hbond substituents is 1. The van der Waals surface area contributed by atoms with Crippen LogP contribution in [0, 0.1) is 27.4 Å². The highest BCUT2D eigenvalue weighted by molar-refractivity contribution is 7.66. The quantitative estimate of drug-likeness (QED) is 0.00745. The third-order valence-electron chi connectivity index (χ3n) is 12.2. The summed E-state index contributed by atoms with van der Waals surface area (Å²) in [5, 5.41) is 34.7. The molecular weight excluding hydrogens is 1100 g/mol. The molecule has 0 spiro atoms. The first-order chi connectivity index (χ1) is 37.2. The van der Waals surface area contributed by atoms with Crippen molar-refractivity contribution in [3.63, 3.8) is 0 Å². The number of aliphatic hydroxyl groups excluding tert-OH is 1. The van der Waals surface area contributed by atoms with Gasteiger partial charge in [-0.05, 0) is 53.9 Å². The maximum Gasteiger partial charge on any atom is 0.490 e. The van der Waals surface area contributed by atoms with Crippen LogP contribution in [0.1, 0.15) is 79.4 Å². The normalized spacial score (nSPS) is 17.7. The van der Waals surface area contributed by atoms with Crippen LogP contribution >= 0.6 is 23.5 Å². The molecule has 1 fully saturated rings. The van der Waals surface area contributed by atoms with Crippen LogP contribution in [0.2, 0.25) is 0 Å². The first kappa shape index (κ1) is 57.9. The number of nitrogens with two attached hydrogens (primary N) is 1. The molecule has 416 valence electrons. The van der Waals surface area contributed by atoms with Gasteiger partial charge in [-0.25, -0.2) is 23.7 Å². The summed E-state index contributed by atoms with van der Waals surface area (Å²) in [6, 6.07) is 15.7. The predicted octanol–water partition coefficient (Wildman–Crippen LogP) is 7.36. The van der Waals surface area contributed by atoms with Gasteiger partial charge in [0.25, 0.3) is 12.2 Å². The van der Waals surface area contributed by atoms with Crippen LogP contribution in [0.3, 0.4) is 0 Å². The van der Waals surface area contributed by atoms with E-state index in [0.717, 1.165) is 6.33 Å². The average Bonchev–Trinajstić information content (AvgIpc) is 4.09. The second-order valence-electron chi connectivity index (χ2n) is 18.7. The number of aromatic nitrogens is 3. The number of hydrogen-bond acceptors (Lipinski definition) is 21. The number of phenols is 1. The Labute approximate surface area is 446 Å². The number of nitrogens with zero attached hydrogens (tertiary/aromatic N) is 4. The monoisotopic (exact) mass is 1150 g/mol. The predicted molar refractivity (Wildman–Crippen MR) is 276 cm³/mol. The molecule has 0 radical (unpaired) electrons. The van der Waals surface area contributed by atoms with Gasteiger partial charge in [0.2, 0.25) is 0 Å². The number of carbonyl (C=O) groups is 2. The molecule has 0 bridgehead atoms. The number of phosphoric acid groups is 3. The molecule has 8 N–H and O–H groups in total. The molecule has 2 aliphatic heterocycles. The number of nitrogen functional groups attached to an aromatic ring is 1. The Balaban J connectivity index is 1.01. The highest BCUT2D eigenvalue weighted by Gasteiger charge is 2.43. The summed E-state index contributed by atoms with van der Waals surface area (Å²) in [5.74, 6) is 5.76. The second-order valence-corrected chi connectivity index (χ2v) is 23.1. The van der Waals surface area contributed by atoms with Crippen LogP contribution in [0.4, 0.5) is 11.5 Å². The number of fused-ring (bicyclic) bond motifs is 3. The van der Waals surface area contributed by atoms with Gasteiger partial charge in [-0.2, -0.15) is 8.62 Å². The highest BCUT2D eigenvalue weighted by atomic mass is 31.3. The van der Waals surface area contributed by atoms with Crippen LogP contribution in [0.5, 0.6) is 17.2 Å². The van der Waals surface area contributed by atoms with Crippen LogP contribution in [-0.4, -0.2) is 87.4 Å². The molecule has 27 nitrogen and oxygen atoms in total. The van der Waals surface area contributed by atoms with E-state index in [0.29, 0.717) is 27.6 Å². The Kier molecular flexibility index (Phi) is 16.8. The molecule has 30 heteroatoms. The fourth-order valence-electron chi connectivity index (χ4n) is 8.90. The van der Waals surface area contributed by atoms with Crippen molar-refractivity contribution in [3.8, 4) is 51.5 Å². The molecule has 79 heavy (non-hydrogen) atoms. The molecule has 2 aromatic heterocycles. The van der Waals surface area contributed by atoms with Crippen LogP contribution in [-0.2, 0) is 47.7 Å². The molecule has 3 aromatic carbocycles. The van der Waals surface area contributed by atoms with Gasteiger partial charge >= 0.3 is 23.5 Å². The Bertz CT molecular complexity index is 3790. The van der Waals surface area contributed by atoms with Gasteiger partial charge in [-0.3, -0.25) is 29.0 Å². The van der Waals surface area contributed by atoms with Crippen LogP contribution < -0.4 is 20.6 Å². The Morgan fingerprint density at radius 3 is 2.46 bits per heavy atom. The average molecular weight is 1150 g/mol. The number of Topliss-reactive ketones (excluding diaryl/α,β-unsaturated/α-hetero) is 1. The molecule has 1 saturated heterocycles. The molecule has 5 aromatic rings. The largest absolute Gasteiger partial charge is 0.508 e. The summed E-state index contributed by atoms with van der Waals surface area (Å²) >= 11 is 0. The van der Waals surface area contributed by atoms with Crippen molar-refractivity contribution in [2.75, 3.05) is 19.5 Å². The first-order valence-electron chi connectivity index (χ1n) is 23.3. The Hall–Kier alpha value is -7.24. The van der Waals surface area contributed by atoms with Gasteiger partial charge in [0.15, 0.2) is 11.2 Å². The topological polar surface area (TPSA) is 401 Å². The van der Waals surface area contributed by atoms with Gasteiger partial charge in [-0.1, -0.05) is 32.6 Å². The summed E-state index contributed by atoms with van der Waals surface area (Å²) in [6.45, 7) is 4.40. The number of ketones is 1. The molecule has 8 rings (SSSR count). The maximum absolute atomic E-state index is 13.8. The lowest BCUT2D eigenvalue weighted by atomic mass is 9.83. The van der Waals surface area contributed by atoms with Crippen molar-refractivity contribution in [1.82, 2.24) is 14.5 Å². The van der Waals surface area contributed by atoms with Crippen molar-refractivity contribution in [2.45, 2.75) is 71.2 Å². The van der Waals surface area contributed by atoms with E-state index in [-0.39, 0.29) is 111 Å². The lowest BCUT2D eigenvalue weighted by molar-refractivity contribution is -0.386. The van der Waals surface area contributed by atoms with Crippen LogP contribution in [0.15, 0.2) is 88.5 Å². The number of methoxy groups -OCH3 is 1. The number of hydrogen-bond donors (Lipinski definition) is 7. The fraction of sp³-hybridized carbons (Fsp3) is 0.286. The molecular formula is C49H48N5O22P3. The van der Waals surface area contributed by atoms with Crippen molar-refractivity contribution in [1.29, 1.82) is 0 Å². The van der Waals surface area contributed by atoms with E-state index in [1.54, 1.807) is 32.9 Å². The zero-order valence-electron chi connectivity index (χ0n) is 41.9. The SMILES string of the molecule is COc1cc([C@@H](OCc2cn([C@H]3C[C@@H](O)[C@@H](COP(=O)(O)OP(=O)(O)OP(=O)(O)O)O3)c3ncnc(N)c23)C(C)(C)C)c([N+](=O)[O-])cc1C#CCCC(=O)c1ccc(OC=O)c(-c2c3ccc(=O)cc-3oc3cc(O)ccc23)c1. The van der Waals surface area contributed by atoms with E-state index in [1.165, 1.54) is 72.5 Å². The lowest BCUT2D eigenvalue weighted by Crippen LogP contribution is -2.26. The molecule has 6 atom stereocenters. The van der Waals surface area contributed by atoms with E-state index in [2.05, 4.69) is 35.0 Å². The summed E-state index contributed by atoms with van der Waals surface area (Å²) in [4.78, 5) is 95.5. The number of nitro groups is 1. The number of nitro benzene ring substituents is 1. The van der Waals surface area contributed by atoms with Crippen molar-refractivity contribution >= 4 is 69.2 Å². The van der Waals surface area contributed by atoms with E-state index < -0.39 is 65.0 Å². The van der Waals surface area contributed by atoms with Crippen molar-refractivity contribution < 1.29 is 94.5 Å². The first-order valence-corrected chi connectivity index (χ1v) is 27.8. The number of phosphoric ester groups is 1. The van der Waals surface area contributed by atoms with Crippen molar-refractivity contribution in [3.05, 3.63) is 122 Å². The zero-order valence-corrected chi connectivity index (χ0v) is 44.5. The number of rotatable bonds is 20. The van der Waals surface area contributed by atoms with E-state index >= 15 is 0 Å². The standard InChI is InChI=1S/C49H48N5O22P3/c1-49(2,3)46(70-22-28-21-53(48-44(28)47(50)51-24-52-48)43-20-37(59)42(74-43)23-72-78(65,66)76-79(67,68)75-77(62,63)64)33-19-39(69-4)27(16-35(33)54(60)61)7-5-6-8-36(58)26-9-14-38(71-25-55)34(15-26)45-31-12-10-29(56)17-40(31)73-41-18-30(57)11-13-32(41)45/h9-19,21,24-25,37,42-43,46,56,59H,6,8,20,22-23H2,1-4H3,(H,65,66)(H,67,68)(H2,50,51,52)(H2,62,63,64)/t37-,42-,43-,46-/m1/s1. The van der Waals surface area contributed by atoms with Crippen LogP contribution in [0.25, 0.3) is 44.5 Å². The summed E-state index contributed by atoms with van der Waals surface area (Å²) in [7, 11) is -15.7. The molecule has 2 unspecified atom stereocenters. The van der Waals surface area contributed by atoms with Gasteiger partial charge in [0.1, 0.15) is 58.7 Å². The minimum atomic E-state index is -5.82. The Morgan fingerprint density at radius 2 is 1.76 bits per heavy atom. The van der Waals surface area contributed by atoms with Gasteiger partial charge in [0.05, 0.1) is 54.0 Å². The number of benzene rings is 4. The third kappa shape index (κ3) is 13.3. The van der Waals surface area contributed by atoms with E-state index in [9.17, 15) is 58.2 Å². The minimum Gasteiger partial charge on any atom is -0.508 e.